The molecule has 0 aliphatic heterocycles. The molecule has 1 aromatic heterocycles. The normalized spacial score (nSPS) is 11.6. The van der Waals surface area contributed by atoms with E-state index in [2.05, 4.69) is 11.9 Å². The van der Waals surface area contributed by atoms with Crippen molar-refractivity contribution in [2.24, 2.45) is 4.99 Å². The molecule has 0 aliphatic rings. The number of carbonyl (C=O) groups is 2. The molecule has 3 aromatic rings. The third-order valence-electron chi connectivity index (χ3n) is 4.59. The molecule has 2 aromatic carbocycles. The van der Waals surface area contributed by atoms with Crippen LogP contribution in [0.25, 0.3) is 10.2 Å². The van der Waals surface area contributed by atoms with E-state index in [4.69, 9.17) is 14.2 Å². The molecular weight excluding hydrogens is 448 g/mol. The highest BCUT2D eigenvalue weighted by molar-refractivity contribution is 7.99. The molecule has 9 heteroatoms. The number of amides is 1. The molecule has 1 amide bonds. The summed E-state index contributed by atoms with van der Waals surface area (Å²) in [7, 11) is 3.12. The number of fused-ring (bicyclic) bond motifs is 1. The smallest absolute Gasteiger partial charge is 0.326 e. The number of methoxy groups -OCH3 is 2. The second kappa shape index (κ2) is 11.2. The fourth-order valence-electron chi connectivity index (χ4n) is 3.21. The van der Waals surface area contributed by atoms with Crippen molar-refractivity contribution in [3.63, 3.8) is 0 Å². The molecule has 32 heavy (non-hydrogen) atoms. The molecule has 3 rings (SSSR count). The lowest BCUT2D eigenvalue weighted by Gasteiger charge is -2.10. The van der Waals surface area contributed by atoms with Crippen LogP contribution in [0.4, 0.5) is 0 Å². The number of hydrogen-bond acceptors (Lipinski definition) is 7. The summed E-state index contributed by atoms with van der Waals surface area (Å²) in [5.41, 5.74) is 1.52. The zero-order chi connectivity index (χ0) is 23.1. The van der Waals surface area contributed by atoms with E-state index in [0.29, 0.717) is 21.8 Å². The Hall–Kier alpha value is -2.78. The highest BCUT2D eigenvalue weighted by Gasteiger charge is 2.19. The van der Waals surface area contributed by atoms with Crippen LogP contribution >= 0.6 is 23.1 Å². The lowest BCUT2D eigenvalue weighted by Crippen LogP contribution is -2.23. The zero-order valence-corrected chi connectivity index (χ0v) is 20.2. The first-order chi connectivity index (χ1) is 15.5. The Kier molecular flexibility index (Phi) is 8.35. The minimum atomic E-state index is -0.421. The lowest BCUT2D eigenvalue weighted by molar-refractivity contribution is -0.143. The molecule has 0 radical (unpaired) electrons. The van der Waals surface area contributed by atoms with Gasteiger partial charge in [0.15, 0.2) is 4.80 Å². The highest BCUT2D eigenvalue weighted by Crippen LogP contribution is 2.35. The van der Waals surface area contributed by atoms with Gasteiger partial charge in [-0.05, 0) is 42.5 Å². The Bertz CT molecular complexity index is 1170. The quantitative estimate of drug-likeness (QED) is 0.344. The number of rotatable bonds is 9. The van der Waals surface area contributed by atoms with Crippen molar-refractivity contribution < 1.29 is 23.8 Å². The number of ether oxygens (including phenoxy) is 3. The second-order valence-electron chi connectivity index (χ2n) is 6.68. The molecule has 0 atom stereocenters. The summed E-state index contributed by atoms with van der Waals surface area (Å²) in [6, 6.07) is 11.4. The van der Waals surface area contributed by atoms with E-state index < -0.39 is 5.97 Å². The number of nitrogens with zero attached hydrogens (tertiary/aromatic N) is 2. The van der Waals surface area contributed by atoms with E-state index >= 15 is 0 Å². The van der Waals surface area contributed by atoms with Crippen LogP contribution in [-0.2, 0) is 27.3 Å². The average molecular weight is 475 g/mol. The number of benzene rings is 2. The molecule has 0 bridgehead atoms. The summed E-state index contributed by atoms with van der Waals surface area (Å²) < 4.78 is 18.5. The molecule has 0 spiro atoms. The van der Waals surface area contributed by atoms with Gasteiger partial charge >= 0.3 is 5.97 Å². The van der Waals surface area contributed by atoms with Gasteiger partial charge in [0.25, 0.3) is 5.91 Å². The molecule has 7 nitrogen and oxygen atoms in total. The van der Waals surface area contributed by atoms with Crippen LogP contribution in [0, 0.1) is 0 Å². The topological polar surface area (TPSA) is 79.1 Å². The van der Waals surface area contributed by atoms with Gasteiger partial charge in [-0.1, -0.05) is 30.4 Å². The first kappa shape index (κ1) is 23.9. The zero-order valence-electron chi connectivity index (χ0n) is 18.5. The van der Waals surface area contributed by atoms with Crippen LogP contribution in [0.1, 0.15) is 19.4 Å². The van der Waals surface area contributed by atoms with E-state index in [1.165, 1.54) is 11.3 Å². The third kappa shape index (κ3) is 5.52. The highest BCUT2D eigenvalue weighted by atomic mass is 32.2. The van der Waals surface area contributed by atoms with E-state index in [9.17, 15) is 9.59 Å². The van der Waals surface area contributed by atoms with Crippen molar-refractivity contribution in [1.82, 2.24) is 4.57 Å². The minimum Gasteiger partial charge on any atom is -0.495 e. The molecule has 0 aliphatic carbocycles. The van der Waals surface area contributed by atoms with Gasteiger partial charge in [0.2, 0.25) is 0 Å². The largest absolute Gasteiger partial charge is 0.495 e. The summed E-state index contributed by atoms with van der Waals surface area (Å²) >= 11 is 3.02. The summed E-state index contributed by atoms with van der Waals surface area (Å²) in [6.45, 7) is 4.02. The van der Waals surface area contributed by atoms with Gasteiger partial charge < -0.3 is 18.8 Å². The molecule has 0 N–H and O–H groups in total. The standard InChI is InChI=1S/C23H26N2O5S2/c1-5-30-20(27)14-25-21-17(28-3)11-12-18(29-4)22(21)32-23(25)24-19(26)13-15-7-9-16(10-8-15)31-6-2/h7-12H,5-6,13-14H2,1-4H3. The Morgan fingerprint density at radius 1 is 1.03 bits per heavy atom. The van der Waals surface area contributed by atoms with Gasteiger partial charge in [-0.3, -0.25) is 9.59 Å². The van der Waals surface area contributed by atoms with Gasteiger partial charge in [0, 0.05) is 4.90 Å². The van der Waals surface area contributed by atoms with Crippen molar-refractivity contribution >= 4 is 45.2 Å². The first-order valence-electron chi connectivity index (χ1n) is 10.2. The second-order valence-corrected chi connectivity index (χ2v) is 9.00. The Morgan fingerprint density at radius 2 is 1.72 bits per heavy atom. The SMILES string of the molecule is CCOC(=O)Cn1c(=NC(=O)Cc2ccc(SCC)cc2)sc2c(OC)ccc(OC)c21. The monoisotopic (exact) mass is 474 g/mol. The van der Waals surface area contributed by atoms with Gasteiger partial charge in [0.05, 0.1) is 27.2 Å². The van der Waals surface area contributed by atoms with Crippen LogP contribution in [0.3, 0.4) is 0 Å². The van der Waals surface area contributed by atoms with Crippen molar-refractivity contribution in [2.45, 2.75) is 31.7 Å². The van der Waals surface area contributed by atoms with E-state index in [-0.39, 0.29) is 25.5 Å². The van der Waals surface area contributed by atoms with E-state index in [1.807, 2.05) is 24.3 Å². The fraction of sp³-hybridized carbons (Fsp3) is 0.348. The summed E-state index contributed by atoms with van der Waals surface area (Å²) in [5.74, 6) is 1.44. The van der Waals surface area contributed by atoms with Crippen LogP contribution in [0.5, 0.6) is 11.5 Å². The van der Waals surface area contributed by atoms with Crippen molar-refractivity contribution in [3.8, 4) is 11.5 Å². The van der Waals surface area contributed by atoms with Gasteiger partial charge in [-0.2, -0.15) is 4.99 Å². The number of thiazole rings is 1. The van der Waals surface area contributed by atoms with Gasteiger partial charge in [-0.25, -0.2) is 0 Å². The Balaban J connectivity index is 2.03. The van der Waals surface area contributed by atoms with Gasteiger partial charge in [-0.15, -0.1) is 11.8 Å². The number of esters is 1. The average Bonchev–Trinajstić information content (AvgIpc) is 3.12. The molecule has 0 unspecified atom stereocenters. The lowest BCUT2D eigenvalue weighted by atomic mass is 10.1. The van der Waals surface area contributed by atoms with Crippen LogP contribution in [0.15, 0.2) is 46.3 Å². The summed E-state index contributed by atoms with van der Waals surface area (Å²) in [4.78, 5) is 31.0. The fourth-order valence-corrected chi connectivity index (χ4v) is 5.03. The Labute approximate surface area is 195 Å². The third-order valence-corrected chi connectivity index (χ3v) is 6.58. The molecule has 0 fully saturated rings. The van der Waals surface area contributed by atoms with Gasteiger partial charge in [0.1, 0.15) is 28.3 Å². The predicted octanol–water partition coefficient (Wildman–Crippen LogP) is 4.07. The molecule has 1 heterocycles. The van der Waals surface area contributed by atoms with Crippen molar-refractivity contribution in [3.05, 3.63) is 46.8 Å². The maximum atomic E-state index is 12.8. The van der Waals surface area contributed by atoms with Crippen molar-refractivity contribution in [1.29, 1.82) is 0 Å². The summed E-state index contributed by atoms with van der Waals surface area (Å²) in [5, 5.41) is 0. The first-order valence-corrected chi connectivity index (χ1v) is 12.0. The molecule has 0 saturated carbocycles. The van der Waals surface area contributed by atoms with E-state index in [1.54, 1.807) is 49.6 Å². The van der Waals surface area contributed by atoms with Crippen LogP contribution in [-0.4, -0.2) is 43.0 Å². The maximum absolute atomic E-state index is 12.8. The van der Waals surface area contributed by atoms with E-state index in [0.717, 1.165) is 20.9 Å². The number of carbonyl (C=O) groups excluding carboxylic acids is 2. The molecular formula is C23H26N2O5S2. The minimum absolute atomic E-state index is 0.0909. The predicted molar refractivity (Wildman–Crippen MR) is 127 cm³/mol. The summed E-state index contributed by atoms with van der Waals surface area (Å²) in [6.07, 6.45) is 0.166. The number of thioether (sulfide) groups is 1. The number of hydrogen-bond donors (Lipinski definition) is 0. The molecule has 0 saturated heterocycles. The van der Waals surface area contributed by atoms with Crippen LogP contribution in [0.2, 0.25) is 0 Å². The van der Waals surface area contributed by atoms with Crippen LogP contribution < -0.4 is 14.3 Å². The molecule has 170 valence electrons. The number of aromatic nitrogens is 1. The Morgan fingerprint density at radius 3 is 2.34 bits per heavy atom. The maximum Gasteiger partial charge on any atom is 0.326 e. The van der Waals surface area contributed by atoms with Crippen molar-refractivity contribution in [2.75, 3.05) is 26.6 Å².